The minimum atomic E-state index is -3.29. The predicted octanol–water partition coefficient (Wildman–Crippen LogP) is 5.09. The number of likely N-dealkylation sites (N-methyl/N-ethyl adjacent to an activating group) is 1. The average molecular weight is 627 g/mol. The van der Waals surface area contributed by atoms with Crippen molar-refractivity contribution in [3.63, 3.8) is 0 Å². The van der Waals surface area contributed by atoms with E-state index in [0.29, 0.717) is 35.1 Å². The molecule has 2 aliphatic heterocycles. The van der Waals surface area contributed by atoms with Crippen LogP contribution in [0.1, 0.15) is 29.3 Å². The molecule has 2 saturated heterocycles. The molecule has 4 aromatic rings. The molecule has 0 radical (unpaired) electrons. The van der Waals surface area contributed by atoms with Gasteiger partial charge >= 0.3 is 6.61 Å². The molecule has 0 spiro atoms. The lowest BCUT2D eigenvalue weighted by molar-refractivity contribution is -0.916. The number of imidazole rings is 1. The second kappa shape index (κ2) is 12.6. The number of amides is 1. The summed E-state index contributed by atoms with van der Waals surface area (Å²) >= 11 is 0. The summed E-state index contributed by atoms with van der Waals surface area (Å²) in [6.07, 6.45) is 6.23. The number of ether oxygens (including phenoxy) is 1. The zero-order valence-corrected chi connectivity index (χ0v) is 25.2. The molecule has 1 atom stereocenters. The van der Waals surface area contributed by atoms with Gasteiger partial charge in [-0.1, -0.05) is 6.92 Å². The van der Waals surface area contributed by atoms with Crippen molar-refractivity contribution >= 4 is 23.1 Å². The third kappa shape index (κ3) is 6.32. The number of halogens is 4. The summed E-state index contributed by atoms with van der Waals surface area (Å²) in [4.78, 5) is 24.3. The second-order valence-corrected chi connectivity index (χ2v) is 12.0. The van der Waals surface area contributed by atoms with E-state index in [9.17, 15) is 22.4 Å². The molecule has 1 amide bonds. The number of hydrogen-bond donors (Lipinski definition) is 2. The van der Waals surface area contributed by atoms with Gasteiger partial charge in [0.05, 0.1) is 51.7 Å². The monoisotopic (exact) mass is 626 g/mol. The highest BCUT2D eigenvalue weighted by Crippen LogP contribution is 2.32. The Morgan fingerprint density at radius 3 is 2.67 bits per heavy atom. The molecule has 0 bridgehead atoms. The molecule has 1 unspecified atom stereocenters. The highest BCUT2D eigenvalue weighted by Gasteiger charge is 2.34. The zero-order valence-electron chi connectivity index (χ0n) is 25.2. The number of hydrogen-bond acceptors (Lipinski definition) is 6. The lowest BCUT2D eigenvalue weighted by Crippen LogP contribution is -2.59. The normalized spacial score (nSPS) is 18.1. The Morgan fingerprint density at radius 2 is 1.96 bits per heavy atom. The number of nitrogens with zero attached hydrogens (tertiary/aromatic N) is 5. The quantitative estimate of drug-likeness (QED) is 0.199. The van der Waals surface area contributed by atoms with Crippen LogP contribution >= 0.6 is 0 Å². The summed E-state index contributed by atoms with van der Waals surface area (Å²) in [5.74, 6) is -2.65. The summed E-state index contributed by atoms with van der Waals surface area (Å²) in [7, 11) is 2.30. The first kappa shape index (κ1) is 30.8. The Bertz CT molecular complexity index is 1700. The molecule has 6 rings (SSSR count). The molecule has 238 valence electrons. The lowest BCUT2D eigenvalue weighted by atomic mass is 10.0. The van der Waals surface area contributed by atoms with E-state index in [0.717, 1.165) is 68.0 Å². The highest BCUT2D eigenvalue weighted by atomic mass is 19.3. The van der Waals surface area contributed by atoms with E-state index >= 15 is 0 Å². The fourth-order valence-corrected chi connectivity index (χ4v) is 6.43. The Labute approximate surface area is 258 Å². The number of nitrogens with one attached hydrogen (secondary N) is 2. The first-order valence-electron chi connectivity index (χ1n) is 15.1. The number of anilines is 2. The minimum Gasteiger partial charge on any atom is -0.432 e. The number of carbonyl (C=O) groups is 1. The van der Waals surface area contributed by atoms with Gasteiger partial charge in [-0.3, -0.25) is 9.20 Å². The zero-order chi connectivity index (χ0) is 31.7. The molecular formula is C32H36F4N7O2+. The number of fused-ring (bicyclic) bond motifs is 1. The smallest absolute Gasteiger partial charge is 0.387 e. The molecule has 13 heteroatoms. The number of aromatic nitrogens is 3. The molecule has 4 heterocycles. The molecule has 0 saturated carbocycles. The van der Waals surface area contributed by atoms with Gasteiger partial charge in [0.2, 0.25) is 5.82 Å². The van der Waals surface area contributed by atoms with E-state index in [1.54, 1.807) is 0 Å². The van der Waals surface area contributed by atoms with Crippen molar-refractivity contribution in [3.8, 4) is 17.0 Å². The first-order chi connectivity index (χ1) is 21.7. The molecule has 45 heavy (non-hydrogen) atoms. The topological polar surface area (TPSA) is 83.8 Å². The van der Waals surface area contributed by atoms with Crippen molar-refractivity contribution in [3.05, 3.63) is 71.7 Å². The van der Waals surface area contributed by atoms with Crippen molar-refractivity contribution < 1.29 is 31.6 Å². The van der Waals surface area contributed by atoms with Crippen LogP contribution in [0, 0.1) is 17.6 Å². The Kier molecular flexibility index (Phi) is 8.65. The number of alkyl halides is 2. The van der Waals surface area contributed by atoms with E-state index in [1.165, 1.54) is 29.4 Å². The van der Waals surface area contributed by atoms with Crippen LogP contribution in [0.3, 0.4) is 0 Å². The van der Waals surface area contributed by atoms with Crippen LogP contribution in [0.15, 0.2) is 48.9 Å². The third-order valence-electron chi connectivity index (χ3n) is 8.91. The Hall–Kier alpha value is -4.23. The summed E-state index contributed by atoms with van der Waals surface area (Å²) in [6.45, 7) is 5.35. The molecule has 2 aromatic heterocycles. The molecule has 9 nitrogen and oxygen atoms in total. The molecule has 2 aromatic carbocycles. The Balaban J connectivity index is 1.18. The third-order valence-corrected chi connectivity index (χ3v) is 8.91. The minimum absolute atomic E-state index is 0.0320. The lowest BCUT2D eigenvalue weighted by Gasteiger charge is -2.43. The number of aryl methyl sites for hydroxylation is 1. The van der Waals surface area contributed by atoms with Crippen molar-refractivity contribution in [2.45, 2.75) is 26.4 Å². The van der Waals surface area contributed by atoms with Gasteiger partial charge in [0.15, 0.2) is 23.0 Å². The second-order valence-electron chi connectivity index (χ2n) is 12.0. The van der Waals surface area contributed by atoms with E-state index < -0.39 is 24.0 Å². The average Bonchev–Trinajstić information content (AvgIpc) is 3.70. The van der Waals surface area contributed by atoms with Crippen LogP contribution in [0.5, 0.6) is 5.75 Å². The summed E-state index contributed by atoms with van der Waals surface area (Å²) in [5.41, 5.74) is 2.60. The number of rotatable bonds is 9. The van der Waals surface area contributed by atoms with Gasteiger partial charge < -0.3 is 24.8 Å². The van der Waals surface area contributed by atoms with Gasteiger partial charge in [0, 0.05) is 41.7 Å². The summed E-state index contributed by atoms with van der Waals surface area (Å²) in [5, 5.41) is 6.68. The SMILES string of the molecule is CCc1cc(Nc2nccn3c(-c4ccc(OC(F)F)c(F)c4F)cnc23)ccc1C(=O)N1CC[N+](C)(CC2CCNC2)CC1. The standard InChI is InChI=1S/C32H35F4N7O2/c1-3-21-16-22(4-5-23(21)31(44)41-12-14-43(2,15-13-41)19-20-8-9-37-17-20)40-29-30-39-18-25(42(30)11-10-38-29)24-6-7-26(45-32(35)36)28(34)27(24)33/h4-7,10-11,16,18,20,32,37H,3,8-9,12-15,17,19H2,1-2H3/p+1. The van der Waals surface area contributed by atoms with E-state index in [4.69, 9.17) is 0 Å². The van der Waals surface area contributed by atoms with E-state index in [2.05, 4.69) is 32.4 Å². The number of piperazine rings is 1. The van der Waals surface area contributed by atoms with E-state index in [-0.39, 0.29) is 17.2 Å². The maximum atomic E-state index is 14.9. The van der Waals surface area contributed by atoms with Gasteiger partial charge in [-0.15, -0.1) is 0 Å². The largest absolute Gasteiger partial charge is 0.432 e. The molecular weight excluding hydrogens is 590 g/mol. The Morgan fingerprint density at radius 1 is 1.16 bits per heavy atom. The maximum absolute atomic E-state index is 14.9. The maximum Gasteiger partial charge on any atom is 0.387 e. The number of benzene rings is 2. The fourth-order valence-electron chi connectivity index (χ4n) is 6.43. The van der Waals surface area contributed by atoms with Crippen LogP contribution < -0.4 is 15.4 Å². The van der Waals surface area contributed by atoms with Gasteiger partial charge in [0.1, 0.15) is 0 Å². The van der Waals surface area contributed by atoms with Crippen molar-refractivity contribution in [1.29, 1.82) is 0 Å². The fraction of sp³-hybridized carbons (Fsp3) is 0.406. The van der Waals surface area contributed by atoms with Crippen molar-refractivity contribution in [2.24, 2.45) is 5.92 Å². The van der Waals surface area contributed by atoms with Gasteiger partial charge in [-0.2, -0.15) is 13.2 Å². The van der Waals surface area contributed by atoms with Gasteiger partial charge in [-0.25, -0.2) is 14.4 Å². The van der Waals surface area contributed by atoms with Crippen molar-refractivity contribution in [2.75, 3.05) is 58.2 Å². The van der Waals surface area contributed by atoms with Gasteiger partial charge in [0.25, 0.3) is 5.91 Å². The first-order valence-corrected chi connectivity index (χ1v) is 15.1. The van der Waals surface area contributed by atoms with Crippen molar-refractivity contribution in [1.82, 2.24) is 24.6 Å². The summed E-state index contributed by atoms with van der Waals surface area (Å²) < 4.78 is 61.0. The van der Waals surface area contributed by atoms with Crippen LogP contribution in [-0.4, -0.2) is 89.1 Å². The molecule has 0 aliphatic carbocycles. The highest BCUT2D eigenvalue weighted by molar-refractivity contribution is 5.96. The molecule has 2 aliphatic rings. The number of carbonyl (C=O) groups excluding carboxylic acids is 1. The van der Waals surface area contributed by atoms with Gasteiger partial charge in [-0.05, 0) is 55.3 Å². The molecule has 2 N–H and O–H groups in total. The molecule has 2 fully saturated rings. The van der Waals surface area contributed by atoms with Crippen LogP contribution in [-0.2, 0) is 6.42 Å². The van der Waals surface area contributed by atoms with Crippen LogP contribution in [0.25, 0.3) is 16.9 Å². The number of quaternary nitrogens is 1. The predicted molar refractivity (Wildman–Crippen MR) is 162 cm³/mol. The summed E-state index contributed by atoms with van der Waals surface area (Å²) in [6, 6.07) is 7.66. The van der Waals surface area contributed by atoms with Crippen LogP contribution in [0.2, 0.25) is 0 Å². The van der Waals surface area contributed by atoms with Crippen LogP contribution in [0.4, 0.5) is 29.1 Å². The van der Waals surface area contributed by atoms with E-state index in [1.807, 2.05) is 30.0 Å².